The van der Waals surface area contributed by atoms with Crippen molar-refractivity contribution in [3.05, 3.63) is 74.7 Å². The number of thiophene rings is 1. The Kier molecular flexibility index (Phi) is 5.12. The first-order chi connectivity index (χ1) is 13.8. The number of amides is 1. The minimum Gasteiger partial charge on any atom is -0.337 e. The van der Waals surface area contributed by atoms with Crippen LogP contribution in [-0.4, -0.2) is 22.3 Å². The Balaban J connectivity index is 1.90. The molecule has 0 fully saturated rings. The third-order valence-corrected chi connectivity index (χ3v) is 6.34. The first-order valence-corrected chi connectivity index (χ1v) is 10.1. The summed E-state index contributed by atoms with van der Waals surface area (Å²) in [7, 11) is 0. The highest BCUT2D eigenvalue weighted by Crippen LogP contribution is 2.44. The molecule has 0 radical (unpaired) electrons. The van der Waals surface area contributed by atoms with E-state index in [-0.39, 0.29) is 17.4 Å². The van der Waals surface area contributed by atoms with Gasteiger partial charge in [0.05, 0.1) is 10.9 Å². The van der Waals surface area contributed by atoms with E-state index in [2.05, 4.69) is 4.98 Å². The lowest BCUT2D eigenvalue weighted by Crippen LogP contribution is -2.36. The van der Waals surface area contributed by atoms with E-state index in [1.54, 1.807) is 23.1 Å². The van der Waals surface area contributed by atoms with Gasteiger partial charge in [0.25, 0.3) is 0 Å². The molecule has 1 aliphatic rings. The molecule has 150 valence electrons. The van der Waals surface area contributed by atoms with Crippen LogP contribution in [0.5, 0.6) is 0 Å². The van der Waals surface area contributed by atoms with Crippen LogP contribution in [0.4, 0.5) is 13.2 Å². The van der Waals surface area contributed by atoms with Crippen molar-refractivity contribution in [3.63, 3.8) is 0 Å². The van der Waals surface area contributed by atoms with Crippen molar-refractivity contribution in [2.45, 2.75) is 25.6 Å². The van der Waals surface area contributed by atoms with Gasteiger partial charge in [-0.1, -0.05) is 41.9 Å². The average Bonchev–Trinajstić information content (AvgIpc) is 3.06. The van der Waals surface area contributed by atoms with E-state index in [1.807, 2.05) is 12.1 Å². The molecule has 1 amide bonds. The third-order valence-electron chi connectivity index (χ3n) is 5.07. The van der Waals surface area contributed by atoms with E-state index < -0.39 is 11.9 Å². The van der Waals surface area contributed by atoms with Crippen molar-refractivity contribution in [2.24, 2.45) is 0 Å². The minimum absolute atomic E-state index is 0.0263. The van der Waals surface area contributed by atoms with Gasteiger partial charge in [0.15, 0.2) is 5.69 Å². The molecule has 0 spiro atoms. The summed E-state index contributed by atoms with van der Waals surface area (Å²) < 4.78 is 41.4. The summed E-state index contributed by atoms with van der Waals surface area (Å²) in [5.41, 5.74) is 1.24. The van der Waals surface area contributed by atoms with Crippen molar-refractivity contribution >= 4 is 28.8 Å². The highest BCUT2D eigenvalue weighted by atomic mass is 35.5. The van der Waals surface area contributed by atoms with Gasteiger partial charge in [-0.25, -0.2) is 0 Å². The summed E-state index contributed by atoms with van der Waals surface area (Å²) in [6.45, 7) is 2.33. The summed E-state index contributed by atoms with van der Waals surface area (Å²) in [4.78, 5) is 18.3. The number of fused-ring (bicyclic) bond motifs is 1. The zero-order valence-corrected chi connectivity index (χ0v) is 16.9. The lowest BCUT2D eigenvalue weighted by Gasteiger charge is -2.33. The number of hydrogen-bond acceptors (Lipinski definition) is 3. The molecule has 1 aromatic carbocycles. The highest BCUT2D eigenvalue weighted by molar-refractivity contribution is 7.16. The second-order valence-electron chi connectivity index (χ2n) is 6.87. The predicted octanol–water partition coefficient (Wildman–Crippen LogP) is 5.98. The molecule has 1 atom stereocenters. The van der Waals surface area contributed by atoms with E-state index in [9.17, 15) is 18.0 Å². The van der Waals surface area contributed by atoms with E-state index in [1.165, 1.54) is 30.4 Å². The minimum atomic E-state index is -4.57. The van der Waals surface area contributed by atoms with E-state index >= 15 is 0 Å². The second kappa shape index (κ2) is 7.46. The number of carbonyl (C=O) groups is 1. The maximum absolute atomic E-state index is 13.6. The molecule has 3 aromatic rings. The predicted molar refractivity (Wildman–Crippen MR) is 107 cm³/mol. The number of rotatable bonds is 2. The Morgan fingerprint density at radius 3 is 2.62 bits per heavy atom. The zero-order chi connectivity index (χ0) is 20.8. The molecule has 3 heterocycles. The van der Waals surface area contributed by atoms with Crippen LogP contribution in [0.1, 0.15) is 34.5 Å². The maximum Gasteiger partial charge on any atom is 0.433 e. The van der Waals surface area contributed by atoms with Gasteiger partial charge < -0.3 is 4.90 Å². The molecule has 0 saturated heterocycles. The van der Waals surface area contributed by atoms with Gasteiger partial charge in [-0.2, -0.15) is 13.2 Å². The van der Waals surface area contributed by atoms with Gasteiger partial charge in [0, 0.05) is 36.0 Å². The van der Waals surface area contributed by atoms with Crippen molar-refractivity contribution in [2.75, 3.05) is 6.54 Å². The van der Waals surface area contributed by atoms with E-state index in [0.29, 0.717) is 28.6 Å². The van der Waals surface area contributed by atoms with Crippen LogP contribution in [0.25, 0.3) is 11.1 Å². The number of nitrogens with zero attached hydrogens (tertiary/aromatic N) is 2. The molecule has 3 nitrogen and oxygen atoms in total. The first-order valence-electron chi connectivity index (χ1n) is 8.91. The van der Waals surface area contributed by atoms with Gasteiger partial charge >= 0.3 is 6.18 Å². The lowest BCUT2D eigenvalue weighted by atomic mass is 9.83. The van der Waals surface area contributed by atoms with Crippen LogP contribution < -0.4 is 0 Å². The molecule has 1 unspecified atom stereocenters. The van der Waals surface area contributed by atoms with Gasteiger partial charge in [0.2, 0.25) is 5.91 Å². The second-order valence-corrected chi connectivity index (χ2v) is 8.63. The Hall–Kier alpha value is -2.38. The molecule has 29 heavy (non-hydrogen) atoms. The summed E-state index contributed by atoms with van der Waals surface area (Å²) in [6.07, 6.45) is -3.43. The van der Waals surface area contributed by atoms with Crippen LogP contribution in [0.15, 0.2) is 48.7 Å². The van der Waals surface area contributed by atoms with E-state index in [4.69, 9.17) is 11.6 Å². The summed E-state index contributed by atoms with van der Waals surface area (Å²) in [6, 6.07) is 11.8. The average molecular weight is 437 g/mol. The van der Waals surface area contributed by atoms with Crippen LogP contribution in [0.2, 0.25) is 4.34 Å². The summed E-state index contributed by atoms with van der Waals surface area (Å²) >= 11 is 7.63. The fourth-order valence-electron chi connectivity index (χ4n) is 3.78. The number of pyridine rings is 1. The largest absolute Gasteiger partial charge is 0.433 e. The molecule has 0 N–H and O–H groups in total. The van der Waals surface area contributed by atoms with Gasteiger partial charge in [0.1, 0.15) is 0 Å². The molecule has 0 aliphatic carbocycles. The highest BCUT2D eigenvalue weighted by Gasteiger charge is 2.37. The zero-order valence-electron chi connectivity index (χ0n) is 15.3. The van der Waals surface area contributed by atoms with Crippen molar-refractivity contribution in [1.29, 1.82) is 0 Å². The number of halogens is 4. The first kappa shape index (κ1) is 19.9. The summed E-state index contributed by atoms with van der Waals surface area (Å²) in [5.74, 6) is -0.357. The number of benzene rings is 1. The normalized spacial score (nSPS) is 16.6. The maximum atomic E-state index is 13.6. The van der Waals surface area contributed by atoms with Crippen molar-refractivity contribution in [3.8, 4) is 11.1 Å². The lowest BCUT2D eigenvalue weighted by molar-refractivity contribution is -0.140. The Bertz CT molecular complexity index is 1080. The molecule has 1 aliphatic heterocycles. The third kappa shape index (κ3) is 3.76. The Morgan fingerprint density at radius 2 is 1.90 bits per heavy atom. The number of aromatic nitrogens is 1. The van der Waals surface area contributed by atoms with Gasteiger partial charge in [-0.15, -0.1) is 11.3 Å². The molecule has 0 saturated carbocycles. The number of hydrogen-bond donors (Lipinski definition) is 0. The monoisotopic (exact) mass is 436 g/mol. The van der Waals surface area contributed by atoms with Crippen LogP contribution in [0, 0.1) is 0 Å². The van der Waals surface area contributed by atoms with Crippen molar-refractivity contribution < 1.29 is 18.0 Å². The number of alkyl halides is 3. The topological polar surface area (TPSA) is 33.2 Å². The van der Waals surface area contributed by atoms with Crippen LogP contribution in [-0.2, 0) is 17.5 Å². The van der Waals surface area contributed by atoms with Crippen LogP contribution in [0.3, 0.4) is 0 Å². The van der Waals surface area contributed by atoms with E-state index in [0.717, 1.165) is 16.6 Å². The quantitative estimate of drug-likeness (QED) is 0.495. The fraction of sp³-hybridized carbons (Fsp3) is 0.238. The molecule has 8 heteroatoms. The number of carbonyl (C=O) groups excluding carboxylic acids is 1. The fourth-order valence-corrected chi connectivity index (χ4v) is 5.14. The molecular formula is C21H16ClF3N2OS. The van der Waals surface area contributed by atoms with Gasteiger partial charge in [-0.05, 0) is 28.8 Å². The smallest absolute Gasteiger partial charge is 0.337 e. The molecule has 4 rings (SSSR count). The Morgan fingerprint density at radius 1 is 1.17 bits per heavy atom. The molecule has 0 bridgehead atoms. The molecular weight excluding hydrogens is 421 g/mol. The molecule has 2 aromatic heterocycles. The van der Waals surface area contributed by atoms with Crippen LogP contribution >= 0.6 is 22.9 Å². The van der Waals surface area contributed by atoms with Gasteiger partial charge in [-0.3, -0.25) is 9.78 Å². The standard InChI is InChI=1S/C21H16ClF3N2OS/c1-12(28)27-10-17(16-9-19(22)29-18(16)11-27)14-6-3-2-5-13(14)15-7-4-8-26-20(15)21(23,24)25/h2-9,17H,10-11H2,1H3. The summed E-state index contributed by atoms with van der Waals surface area (Å²) in [5, 5.41) is 0. The SMILES string of the molecule is CC(=O)N1Cc2sc(Cl)cc2C(c2ccccc2-c2cccnc2C(F)(F)F)C1. The van der Waals surface area contributed by atoms with Crippen molar-refractivity contribution in [1.82, 2.24) is 9.88 Å². The Labute approximate surface area is 174 Å².